The molecule has 3 aromatic carbocycles. The number of benzene rings is 3. The van der Waals surface area contributed by atoms with Crippen molar-refractivity contribution in [3.8, 4) is 0 Å². The zero-order valence-electron chi connectivity index (χ0n) is 16.2. The number of halogens is 1. The molecule has 0 heterocycles. The Labute approximate surface area is 179 Å². The molecule has 2 amide bonds. The third-order valence-electron chi connectivity index (χ3n) is 4.20. The molecule has 0 saturated carbocycles. The van der Waals surface area contributed by atoms with Crippen LogP contribution in [0.2, 0.25) is 5.02 Å². The average molecular weight is 425 g/mol. The second kappa shape index (κ2) is 9.63. The lowest BCUT2D eigenvalue weighted by Gasteiger charge is -2.10. The summed E-state index contributed by atoms with van der Waals surface area (Å²) in [6.45, 7) is 3.99. The van der Waals surface area contributed by atoms with Crippen LogP contribution in [0, 0.1) is 13.8 Å². The van der Waals surface area contributed by atoms with Crippen molar-refractivity contribution in [2.24, 2.45) is 0 Å². The van der Waals surface area contributed by atoms with Crippen LogP contribution >= 0.6 is 23.4 Å². The number of thioether (sulfide) groups is 1. The van der Waals surface area contributed by atoms with Crippen LogP contribution in [0.3, 0.4) is 0 Å². The maximum absolute atomic E-state index is 12.4. The number of hydrogen-bond donors (Lipinski definition) is 2. The van der Waals surface area contributed by atoms with Crippen LogP contribution in [0.4, 0.5) is 11.4 Å². The summed E-state index contributed by atoms with van der Waals surface area (Å²) in [6, 6.07) is 20.1. The number of carbonyl (C=O) groups excluding carboxylic acids is 2. The van der Waals surface area contributed by atoms with Crippen molar-refractivity contribution in [3.63, 3.8) is 0 Å². The van der Waals surface area contributed by atoms with Gasteiger partial charge < -0.3 is 10.6 Å². The summed E-state index contributed by atoms with van der Waals surface area (Å²) >= 11 is 7.35. The second-order valence-corrected chi connectivity index (χ2v) is 8.13. The van der Waals surface area contributed by atoms with Crippen molar-refractivity contribution in [2.45, 2.75) is 18.7 Å². The second-order valence-electron chi connectivity index (χ2n) is 6.65. The standard InChI is InChI=1S/C23H21ClN2O2S/c1-15-9-10-21(16(2)11-15)26-22(27)14-29-20-8-4-7-19(13-20)25-23(28)17-5-3-6-18(24)12-17/h3-13H,14H2,1-2H3,(H,25,28)(H,26,27). The van der Waals surface area contributed by atoms with Gasteiger partial charge in [0.2, 0.25) is 5.91 Å². The van der Waals surface area contributed by atoms with Crippen molar-refractivity contribution in [2.75, 3.05) is 16.4 Å². The number of anilines is 2. The number of aryl methyl sites for hydroxylation is 2. The highest BCUT2D eigenvalue weighted by atomic mass is 35.5. The third kappa shape index (κ3) is 6.11. The highest BCUT2D eigenvalue weighted by Gasteiger charge is 2.09. The molecular formula is C23H21ClN2O2S. The van der Waals surface area contributed by atoms with Crippen molar-refractivity contribution in [3.05, 3.63) is 88.4 Å². The Hall–Kier alpha value is -2.76. The van der Waals surface area contributed by atoms with Gasteiger partial charge >= 0.3 is 0 Å². The van der Waals surface area contributed by atoms with E-state index in [0.717, 1.165) is 21.7 Å². The normalized spacial score (nSPS) is 10.4. The number of rotatable bonds is 6. The van der Waals surface area contributed by atoms with Gasteiger partial charge in [0.05, 0.1) is 5.75 Å². The first-order valence-electron chi connectivity index (χ1n) is 9.07. The van der Waals surface area contributed by atoms with E-state index in [1.54, 1.807) is 24.3 Å². The Morgan fingerprint density at radius 3 is 2.48 bits per heavy atom. The van der Waals surface area contributed by atoms with Crippen molar-refractivity contribution in [1.29, 1.82) is 0 Å². The quantitative estimate of drug-likeness (QED) is 0.481. The Bertz CT molecular complexity index is 1050. The van der Waals surface area contributed by atoms with Gasteiger partial charge in [-0.3, -0.25) is 9.59 Å². The summed E-state index contributed by atoms with van der Waals surface area (Å²) in [6.07, 6.45) is 0. The maximum Gasteiger partial charge on any atom is 0.255 e. The molecule has 0 aliphatic carbocycles. The van der Waals surface area contributed by atoms with Crippen LogP contribution in [0.25, 0.3) is 0 Å². The molecule has 2 N–H and O–H groups in total. The van der Waals surface area contributed by atoms with E-state index in [0.29, 0.717) is 16.3 Å². The van der Waals surface area contributed by atoms with E-state index in [1.807, 2.05) is 56.3 Å². The van der Waals surface area contributed by atoms with Gasteiger partial charge in [-0.1, -0.05) is 41.4 Å². The molecular weight excluding hydrogens is 404 g/mol. The summed E-state index contributed by atoms with van der Waals surface area (Å²) in [7, 11) is 0. The lowest BCUT2D eigenvalue weighted by atomic mass is 10.1. The van der Waals surface area contributed by atoms with E-state index >= 15 is 0 Å². The van der Waals surface area contributed by atoms with Crippen LogP contribution in [-0.4, -0.2) is 17.6 Å². The predicted octanol–water partition coefficient (Wildman–Crippen LogP) is 5.94. The molecule has 3 rings (SSSR count). The SMILES string of the molecule is Cc1ccc(NC(=O)CSc2cccc(NC(=O)c3cccc(Cl)c3)c2)c(C)c1. The molecule has 0 aliphatic heterocycles. The minimum absolute atomic E-state index is 0.0738. The van der Waals surface area contributed by atoms with E-state index in [2.05, 4.69) is 10.6 Å². The molecule has 6 heteroatoms. The molecule has 0 saturated heterocycles. The fraction of sp³-hybridized carbons (Fsp3) is 0.130. The number of carbonyl (C=O) groups is 2. The number of hydrogen-bond acceptors (Lipinski definition) is 3. The molecule has 0 fully saturated rings. The van der Waals surface area contributed by atoms with E-state index < -0.39 is 0 Å². The predicted molar refractivity (Wildman–Crippen MR) is 121 cm³/mol. The molecule has 0 radical (unpaired) electrons. The van der Waals surface area contributed by atoms with Gasteiger partial charge in [-0.15, -0.1) is 11.8 Å². The van der Waals surface area contributed by atoms with E-state index in [-0.39, 0.29) is 17.6 Å². The molecule has 0 spiro atoms. The van der Waals surface area contributed by atoms with E-state index in [4.69, 9.17) is 11.6 Å². The Morgan fingerprint density at radius 2 is 1.72 bits per heavy atom. The molecule has 0 unspecified atom stereocenters. The van der Waals surface area contributed by atoms with Gasteiger partial charge in [0.1, 0.15) is 0 Å². The highest BCUT2D eigenvalue weighted by Crippen LogP contribution is 2.23. The zero-order chi connectivity index (χ0) is 20.8. The smallest absolute Gasteiger partial charge is 0.255 e. The first-order chi connectivity index (χ1) is 13.9. The number of nitrogens with one attached hydrogen (secondary N) is 2. The number of amides is 2. The first kappa shape index (κ1) is 21.0. The van der Waals surface area contributed by atoms with Gasteiger partial charge in [-0.2, -0.15) is 0 Å². The topological polar surface area (TPSA) is 58.2 Å². The largest absolute Gasteiger partial charge is 0.325 e. The minimum Gasteiger partial charge on any atom is -0.325 e. The van der Waals surface area contributed by atoms with Crippen LogP contribution in [0.5, 0.6) is 0 Å². The van der Waals surface area contributed by atoms with Gasteiger partial charge in [0, 0.05) is 26.9 Å². The van der Waals surface area contributed by atoms with Crippen LogP contribution in [-0.2, 0) is 4.79 Å². The van der Waals surface area contributed by atoms with Crippen molar-refractivity contribution < 1.29 is 9.59 Å². The molecule has 29 heavy (non-hydrogen) atoms. The molecule has 148 valence electrons. The maximum atomic E-state index is 12.4. The van der Waals surface area contributed by atoms with Gasteiger partial charge in [0.15, 0.2) is 0 Å². The van der Waals surface area contributed by atoms with Crippen molar-refractivity contribution in [1.82, 2.24) is 0 Å². The summed E-state index contributed by atoms with van der Waals surface area (Å²) in [5, 5.41) is 6.30. The zero-order valence-corrected chi connectivity index (χ0v) is 17.7. The Morgan fingerprint density at radius 1 is 0.931 bits per heavy atom. The molecule has 0 aromatic heterocycles. The van der Waals surface area contributed by atoms with Gasteiger partial charge in [0.25, 0.3) is 5.91 Å². The first-order valence-corrected chi connectivity index (χ1v) is 10.4. The summed E-state index contributed by atoms with van der Waals surface area (Å²) in [5.41, 5.74) is 4.17. The fourth-order valence-corrected chi connectivity index (χ4v) is 3.73. The molecule has 4 nitrogen and oxygen atoms in total. The van der Waals surface area contributed by atoms with E-state index in [9.17, 15) is 9.59 Å². The molecule has 0 aliphatic rings. The lowest BCUT2D eigenvalue weighted by molar-refractivity contribution is -0.113. The Balaban J connectivity index is 1.58. The van der Waals surface area contributed by atoms with Crippen LogP contribution in [0.1, 0.15) is 21.5 Å². The summed E-state index contributed by atoms with van der Waals surface area (Å²) in [4.78, 5) is 25.5. The summed E-state index contributed by atoms with van der Waals surface area (Å²) in [5.74, 6) is -0.0310. The van der Waals surface area contributed by atoms with Crippen LogP contribution < -0.4 is 10.6 Å². The Kier molecular flexibility index (Phi) is 6.96. The molecule has 0 atom stereocenters. The molecule has 3 aromatic rings. The fourth-order valence-electron chi connectivity index (χ4n) is 2.79. The van der Waals surface area contributed by atoms with Gasteiger partial charge in [-0.25, -0.2) is 0 Å². The average Bonchev–Trinajstić information content (AvgIpc) is 2.69. The van der Waals surface area contributed by atoms with Crippen molar-refractivity contribution >= 4 is 46.6 Å². The van der Waals surface area contributed by atoms with Gasteiger partial charge in [-0.05, 0) is 61.9 Å². The summed E-state index contributed by atoms with van der Waals surface area (Å²) < 4.78 is 0. The molecule has 0 bridgehead atoms. The minimum atomic E-state index is -0.234. The highest BCUT2D eigenvalue weighted by molar-refractivity contribution is 8.00. The monoisotopic (exact) mass is 424 g/mol. The third-order valence-corrected chi connectivity index (χ3v) is 5.43. The van der Waals surface area contributed by atoms with E-state index in [1.165, 1.54) is 11.8 Å². The lowest BCUT2D eigenvalue weighted by Crippen LogP contribution is -2.15. The van der Waals surface area contributed by atoms with Crippen LogP contribution in [0.15, 0.2) is 71.6 Å².